The topological polar surface area (TPSA) is 80.0 Å². The van der Waals surface area contributed by atoms with Gasteiger partial charge in [-0.2, -0.15) is 0 Å². The largest absolute Gasteiger partial charge is 0.355 e. The lowest BCUT2D eigenvalue weighted by molar-refractivity contribution is 0.0941. The van der Waals surface area contributed by atoms with Gasteiger partial charge in [-0.3, -0.25) is 9.78 Å². The molecule has 1 fully saturated rings. The lowest BCUT2D eigenvalue weighted by atomic mass is 10.2. The Kier molecular flexibility index (Phi) is 7.31. The van der Waals surface area contributed by atoms with Gasteiger partial charge in [0.05, 0.1) is 0 Å². The van der Waals surface area contributed by atoms with Crippen molar-refractivity contribution in [1.29, 1.82) is 0 Å². The molecular formula is C14H18Cl2N4O2. The van der Waals surface area contributed by atoms with Gasteiger partial charge in [-0.1, -0.05) is 5.16 Å². The van der Waals surface area contributed by atoms with E-state index in [-0.39, 0.29) is 30.7 Å². The molecule has 2 aromatic heterocycles. The van der Waals surface area contributed by atoms with Gasteiger partial charge in [0.2, 0.25) is 0 Å². The summed E-state index contributed by atoms with van der Waals surface area (Å²) in [7, 11) is 0. The Morgan fingerprint density at radius 1 is 1.45 bits per heavy atom. The second-order valence-corrected chi connectivity index (χ2v) is 4.82. The maximum absolute atomic E-state index is 12.0. The van der Waals surface area contributed by atoms with Crippen LogP contribution in [0.2, 0.25) is 0 Å². The van der Waals surface area contributed by atoms with Crippen molar-refractivity contribution >= 4 is 30.7 Å². The van der Waals surface area contributed by atoms with Crippen molar-refractivity contribution in [2.45, 2.75) is 18.9 Å². The van der Waals surface area contributed by atoms with E-state index in [2.05, 4.69) is 20.8 Å². The molecule has 0 saturated carbocycles. The number of hydrogen-bond acceptors (Lipinski definition) is 5. The molecule has 1 saturated heterocycles. The third-order valence-corrected chi connectivity index (χ3v) is 3.36. The summed E-state index contributed by atoms with van der Waals surface area (Å²) in [4.78, 5) is 16.0. The van der Waals surface area contributed by atoms with Crippen molar-refractivity contribution in [1.82, 2.24) is 20.8 Å². The standard InChI is InChI=1S/C14H16N4O2.2ClH/c19-14(17-9-11-4-2-6-16-11)12-7-13(20-18-12)10-3-1-5-15-8-10;;/h1,3,5,7-8,11,16H,2,4,6,9H2,(H,17,19);2*1H. The Morgan fingerprint density at radius 3 is 3.00 bits per heavy atom. The minimum atomic E-state index is -0.211. The second kappa shape index (κ2) is 8.73. The lowest BCUT2D eigenvalue weighted by Crippen LogP contribution is -2.37. The fraction of sp³-hybridized carbons (Fsp3) is 0.357. The Morgan fingerprint density at radius 2 is 2.32 bits per heavy atom. The summed E-state index contributed by atoms with van der Waals surface area (Å²) < 4.78 is 5.18. The number of pyridine rings is 1. The normalized spacial score (nSPS) is 16.5. The minimum Gasteiger partial charge on any atom is -0.355 e. The van der Waals surface area contributed by atoms with Gasteiger partial charge in [0.15, 0.2) is 11.5 Å². The van der Waals surface area contributed by atoms with Gasteiger partial charge < -0.3 is 15.2 Å². The summed E-state index contributed by atoms with van der Waals surface area (Å²) in [5, 5.41) is 10.00. The van der Waals surface area contributed by atoms with Crippen LogP contribution in [0.15, 0.2) is 35.1 Å². The van der Waals surface area contributed by atoms with E-state index < -0.39 is 0 Å². The Labute approximate surface area is 140 Å². The Hall–Kier alpha value is -1.63. The van der Waals surface area contributed by atoms with Crippen LogP contribution in [0.5, 0.6) is 0 Å². The smallest absolute Gasteiger partial charge is 0.273 e. The van der Waals surface area contributed by atoms with E-state index in [1.54, 1.807) is 18.5 Å². The molecule has 0 bridgehead atoms. The monoisotopic (exact) mass is 344 g/mol. The first kappa shape index (κ1) is 18.4. The second-order valence-electron chi connectivity index (χ2n) is 4.82. The van der Waals surface area contributed by atoms with Gasteiger partial charge in [0, 0.05) is 36.6 Å². The third-order valence-electron chi connectivity index (χ3n) is 3.36. The number of nitrogens with zero attached hydrogens (tertiary/aromatic N) is 2. The molecule has 3 heterocycles. The van der Waals surface area contributed by atoms with Gasteiger partial charge in [-0.05, 0) is 31.5 Å². The molecule has 0 radical (unpaired) electrons. The fourth-order valence-electron chi connectivity index (χ4n) is 2.26. The van der Waals surface area contributed by atoms with Gasteiger partial charge in [0.25, 0.3) is 5.91 Å². The predicted molar refractivity (Wildman–Crippen MR) is 87.6 cm³/mol. The number of rotatable bonds is 4. The highest BCUT2D eigenvalue weighted by molar-refractivity contribution is 5.93. The van der Waals surface area contributed by atoms with Crippen LogP contribution in [0.4, 0.5) is 0 Å². The number of aromatic nitrogens is 2. The van der Waals surface area contributed by atoms with Crippen molar-refractivity contribution in [3.63, 3.8) is 0 Å². The van der Waals surface area contributed by atoms with E-state index in [1.165, 1.54) is 0 Å². The van der Waals surface area contributed by atoms with Crippen LogP contribution in [0.25, 0.3) is 11.3 Å². The van der Waals surface area contributed by atoms with Crippen LogP contribution in [-0.2, 0) is 0 Å². The van der Waals surface area contributed by atoms with Crippen LogP contribution in [-0.4, -0.2) is 35.2 Å². The first-order valence-corrected chi connectivity index (χ1v) is 6.71. The SMILES string of the molecule is Cl.Cl.O=C(NCC1CCCN1)c1cc(-c2cccnc2)on1. The number of amides is 1. The quantitative estimate of drug-likeness (QED) is 0.887. The Balaban J connectivity index is 0.00000121. The molecule has 2 aromatic rings. The van der Waals surface area contributed by atoms with Gasteiger partial charge in [-0.15, -0.1) is 24.8 Å². The highest BCUT2D eigenvalue weighted by Gasteiger charge is 2.17. The molecular weight excluding hydrogens is 327 g/mol. The van der Waals surface area contributed by atoms with E-state index >= 15 is 0 Å². The highest BCUT2D eigenvalue weighted by atomic mass is 35.5. The van der Waals surface area contributed by atoms with Crippen molar-refractivity contribution < 1.29 is 9.32 Å². The molecule has 1 atom stereocenters. The third kappa shape index (κ3) is 4.43. The van der Waals surface area contributed by atoms with Crippen LogP contribution in [0, 0.1) is 0 Å². The van der Waals surface area contributed by atoms with Crippen LogP contribution in [0.3, 0.4) is 0 Å². The maximum atomic E-state index is 12.0. The zero-order valence-electron chi connectivity index (χ0n) is 11.8. The predicted octanol–water partition coefficient (Wildman–Crippen LogP) is 2.06. The van der Waals surface area contributed by atoms with Crippen molar-refractivity contribution in [2.24, 2.45) is 0 Å². The van der Waals surface area contributed by atoms with Gasteiger partial charge in [-0.25, -0.2) is 0 Å². The number of hydrogen-bond donors (Lipinski definition) is 2. The first-order valence-electron chi connectivity index (χ1n) is 6.71. The summed E-state index contributed by atoms with van der Waals surface area (Å²) in [5.41, 5.74) is 1.10. The number of carbonyl (C=O) groups excluding carboxylic acids is 1. The van der Waals surface area contributed by atoms with Crippen LogP contribution >= 0.6 is 24.8 Å². The number of carbonyl (C=O) groups is 1. The average Bonchev–Trinajstić information content (AvgIpc) is 3.17. The highest BCUT2D eigenvalue weighted by Crippen LogP contribution is 2.18. The Bertz CT molecular complexity index is 586. The van der Waals surface area contributed by atoms with E-state index in [0.717, 1.165) is 24.9 Å². The lowest BCUT2D eigenvalue weighted by Gasteiger charge is -2.09. The summed E-state index contributed by atoms with van der Waals surface area (Å²) in [5.74, 6) is 0.333. The molecule has 0 aliphatic carbocycles. The van der Waals surface area contributed by atoms with E-state index in [9.17, 15) is 4.79 Å². The summed E-state index contributed by atoms with van der Waals surface area (Å²) in [6.45, 7) is 1.64. The molecule has 120 valence electrons. The molecule has 1 unspecified atom stereocenters. The minimum absolute atomic E-state index is 0. The zero-order valence-corrected chi connectivity index (χ0v) is 13.5. The number of halogens is 2. The molecule has 8 heteroatoms. The summed E-state index contributed by atoms with van der Waals surface area (Å²) >= 11 is 0. The van der Waals surface area contributed by atoms with Gasteiger partial charge >= 0.3 is 0 Å². The molecule has 6 nitrogen and oxygen atoms in total. The molecule has 1 aliphatic heterocycles. The zero-order chi connectivity index (χ0) is 13.8. The molecule has 22 heavy (non-hydrogen) atoms. The van der Waals surface area contributed by atoms with Crippen molar-refractivity contribution in [2.75, 3.05) is 13.1 Å². The number of nitrogens with one attached hydrogen (secondary N) is 2. The molecule has 2 N–H and O–H groups in total. The van der Waals surface area contributed by atoms with Crippen LogP contribution in [0.1, 0.15) is 23.3 Å². The average molecular weight is 345 g/mol. The summed E-state index contributed by atoms with van der Waals surface area (Å²) in [6, 6.07) is 5.67. The van der Waals surface area contributed by atoms with E-state index in [1.807, 2.05) is 12.1 Å². The van der Waals surface area contributed by atoms with Crippen LogP contribution < -0.4 is 10.6 Å². The van der Waals surface area contributed by atoms with E-state index in [0.29, 0.717) is 24.0 Å². The first-order chi connectivity index (χ1) is 9.83. The molecule has 3 rings (SSSR count). The van der Waals surface area contributed by atoms with E-state index in [4.69, 9.17) is 4.52 Å². The van der Waals surface area contributed by atoms with Crippen molar-refractivity contribution in [3.05, 3.63) is 36.3 Å². The van der Waals surface area contributed by atoms with Crippen molar-refractivity contribution in [3.8, 4) is 11.3 Å². The molecule has 1 amide bonds. The molecule has 0 spiro atoms. The maximum Gasteiger partial charge on any atom is 0.273 e. The fourth-order valence-corrected chi connectivity index (χ4v) is 2.26. The van der Waals surface area contributed by atoms with Gasteiger partial charge in [0.1, 0.15) is 0 Å². The summed E-state index contributed by atoms with van der Waals surface area (Å²) in [6.07, 6.45) is 5.61. The molecule has 0 aromatic carbocycles. The molecule has 1 aliphatic rings.